The van der Waals surface area contributed by atoms with Gasteiger partial charge in [0.2, 0.25) is 0 Å². The molecule has 0 bridgehead atoms. The van der Waals surface area contributed by atoms with E-state index in [-0.39, 0.29) is 0 Å². The molecule has 1 unspecified atom stereocenters. The van der Waals surface area contributed by atoms with Gasteiger partial charge in [-0.2, -0.15) is 5.10 Å². The highest BCUT2D eigenvalue weighted by Gasteiger charge is 2.06. The first-order valence-corrected chi connectivity index (χ1v) is 8.77. The van der Waals surface area contributed by atoms with Crippen LogP contribution in [0.5, 0.6) is 5.75 Å². The van der Waals surface area contributed by atoms with Crippen molar-refractivity contribution in [2.75, 3.05) is 20.2 Å². The summed E-state index contributed by atoms with van der Waals surface area (Å²) in [4.78, 5) is 4.63. The minimum absolute atomic E-state index is 0.471. The van der Waals surface area contributed by atoms with Gasteiger partial charge in [0.1, 0.15) is 5.75 Å². The van der Waals surface area contributed by atoms with Gasteiger partial charge in [0.05, 0.1) is 19.3 Å². The van der Waals surface area contributed by atoms with Gasteiger partial charge in [0.15, 0.2) is 5.96 Å². The Morgan fingerprint density at radius 1 is 1.24 bits per heavy atom. The second-order valence-corrected chi connectivity index (χ2v) is 6.03. The largest absolute Gasteiger partial charge is 0.497 e. The van der Waals surface area contributed by atoms with Crippen LogP contribution in [0.3, 0.4) is 0 Å². The molecule has 25 heavy (non-hydrogen) atoms. The Morgan fingerprint density at radius 2 is 2.00 bits per heavy atom. The molecular weight excluding hydrogens is 314 g/mol. The summed E-state index contributed by atoms with van der Waals surface area (Å²) in [5, 5.41) is 10.9. The van der Waals surface area contributed by atoms with E-state index in [2.05, 4.69) is 46.7 Å². The van der Waals surface area contributed by atoms with E-state index in [9.17, 15) is 0 Å². The highest BCUT2D eigenvalue weighted by atomic mass is 16.5. The van der Waals surface area contributed by atoms with Crippen LogP contribution in [0, 0.1) is 0 Å². The molecule has 136 valence electrons. The zero-order valence-electron chi connectivity index (χ0n) is 15.6. The third-order valence-electron chi connectivity index (χ3n) is 4.22. The molecule has 6 nitrogen and oxygen atoms in total. The van der Waals surface area contributed by atoms with Gasteiger partial charge in [-0.3, -0.25) is 4.68 Å². The smallest absolute Gasteiger partial charge is 0.191 e. The highest BCUT2D eigenvalue weighted by molar-refractivity contribution is 5.79. The van der Waals surface area contributed by atoms with Gasteiger partial charge in [-0.05, 0) is 43.0 Å². The molecule has 2 rings (SSSR count). The Labute approximate surface area is 150 Å². The van der Waals surface area contributed by atoms with E-state index in [1.807, 2.05) is 29.9 Å². The predicted octanol–water partition coefficient (Wildman–Crippen LogP) is 2.68. The fourth-order valence-corrected chi connectivity index (χ4v) is 2.56. The first-order chi connectivity index (χ1) is 12.1. The minimum Gasteiger partial charge on any atom is -0.497 e. The van der Waals surface area contributed by atoms with Crippen molar-refractivity contribution in [3.8, 4) is 5.75 Å². The molecule has 0 amide bonds. The van der Waals surface area contributed by atoms with Gasteiger partial charge in [-0.15, -0.1) is 0 Å². The molecule has 0 spiro atoms. The lowest BCUT2D eigenvalue weighted by Gasteiger charge is -2.15. The second kappa shape index (κ2) is 9.71. The van der Waals surface area contributed by atoms with Crippen molar-refractivity contribution in [2.45, 2.75) is 32.7 Å². The summed E-state index contributed by atoms with van der Waals surface area (Å²) in [7, 11) is 3.62. The Morgan fingerprint density at radius 3 is 2.60 bits per heavy atom. The molecule has 0 aliphatic heterocycles. The van der Waals surface area contributed by atoms with Crippen molar-refractivity contribution in [2.24, 2.45) is 12.0 Å². The van der Waals surface area contributed by atoms with Gasteiger partial charge < -0.3 is 15.4 Å². The molecule has 0 radical (unpaired) electrons. The van der Waals surface area contributed by atoms with E-state index in [4.69, 9.17) is 4.74 Å². The zero-order valence-corrected chi connectivity index (χ0v) is 15.6. The van der Waals surface area contributed by atoms with Crippen LogP contribution in [0.15, 0.2) is 41.5 Å². The fourth-order valence-electron chi connectivity index (χ4n) is 2.56. The third kappa shape index (κ3) is 5.81. The molecule has 0 saturated heterocycles. The number of rotatable bonds is 8. The molecule has 1 atom stereocenters. The van der Waals surface area contributed by atoms with Gasteiger partial charge in [-0.1, -0.05) is 19.1 Å². The van der Waals surface area contributed by atoms with Gasteiger partial charge >= 0.3 is 0 Å². The summed E-state index contributed by atoms with van der Waals surface area (Å²) in [5.74, 6) is 2.20. The number of nitrogens with zero attached hydrogens (tertiary/aromatic N) is 3. The van der Waals surface area contributed by atoms with E-state index in [1.54, 1.807) is 13.3 Å². The Kier molecular flexibility index (Phi) is 7.32. The normalized spacial score (nSPS) is 12.7. The second-order valence-electron chi connectivity index (χ2n) is 6.03. The number of aliphatic imine (C=N–C) groups is 1. The molecule has 6 heteroatoms. The molecule has 0 saturated carbocycles. The number of ether oxygens (including phenoxy) is 1. The zero-order chi connectivity index (χ0) is 18.1. The van der Waals surface area contributed by atoms with Gasteiger partial charge in [0, 0.05) is 26.3 Å². The van der Waals surface area contributed by atoms with Crippen LogP contribution in [0.1, 0.15) is 37.4 Å². The lowest BCUT2D eigenvalue weighted by atomic mass is 9.98. The van der Waals surface area contributed by atoms with E-state index in [0.717, 1.165) is 36.9 Å². The molecule has 1 aromatic carbocycles. The van der Waals surface area contributed by atoms with E-state index in [0.29, 0.717) is 12.5 Å². The molecular formula is C19H29N5O. The van der Waals surface area contributed by atoms with Crippen LogP contribution >= 0.6 is 0 Å². The maximum absolute atomic E-state index is 5.21. The monoisotopic (exact) mass is 343 g/mol. The molecule has 0 fully saturated rings. The first-order valence-electron chi connectivity index (χ1n) is 8.77. The lowest BCUT2D eigenvalue weighted by molar-refractivity contribution is 0.414. The van der Waals surface area contributed by atoms with Crippen LogP contribution in [0.25, 0.3) is 0 Å². The van der Waals surface area contributed by atoms with Crippen LogP contribution in [-0.4, -0.2) is 35.9 Å². The van der Waals surface area contributed by atoms with E-state index in [1.165, 1.54) is 5.56 Å². The molecule has 1 aromatic heterocycles. The molecule has 0 aliphatic carbocycles. The number of benzene rings is 1. The Bertz CT molecular complexity index is 663. The van der Waals surface area contributed by atoms with E-state index < -0.39 is 0 Å². The summed E-state index contributed by atoms with van der Waals surface area (Å²) in [5.41, 5.74) is 2.41. The summed E-state index contributed by atoms with van der Waals surface area (Å²) >= 11 is 0. The van der Waals surface area contributed by atoms with Crippen LogP contribution in [-0.2, 0) is 13.6 Å². The maximum Gasteiger partial charge on any atom is 0.191 e. The molecule has 1 heterocycles. The predicted molar refractivity (Wildman–Crippen MR) is 102 cm³/mol. The number of hydrogen-bond acceptors (Lipinski definition) is 3. The molecule has 2 N–H and O–H groups in total. The van der Waals surface area contributed by atoms with Crippen molar-refractivity contribution in [1.29, 1.82) is 0 Å². The number of methoxy groups -OCH3 is 1. The van der Waals surface area contributed by atoms with Crippen LogP contribution < -0.4 is 15.4 Å². The van der Waals surface area contributed by atoms with Gasteiger partial charge in [-0.25, -0.2) is 4.99 Å². The maximum atomic E-state index is 5.21. The average Bonchev–Trinajstić information content (AvgIpc) is 3.04. The molecule has 0 aliphatic rings. The van der Waals surface area contributed by atoms with Crippen LogP contribution in [0.2, 0.25) is 0 Å². The summed E-state index contributed by atoms with van der Waals surface area (Å²) in [6.07, 6.45) is 2.82. The fraction of sp³-hybridized carbons (Fsp3) is 0.474. The topological polar surface area (TPSA) is 63.5 Å². The molecule has 2 aromatic rings. The minimum atomic E-state index is 0.471. The SMILES string of the molecule is CCNC(=NCc1ccnn1C)NCCC(C)c1ccc(OC)cc1. The summed E-state index contributed by atoms with van der Waals surface area (Å²) in [6, 6.07) is 10.3. The average molecular weight is 343 g/mol. The summed E-state index contributed by atoms with van der Waals surface area (Å²) < 4.78 is 7.06. The van der Waals surface area contributed by atoms with Crippen LogP contribution in [0.4, 0.5) is 0 Å². The number of hydrogen-bond donors (Lipinski definition) is 2. The standard InChI is InChI=1S/C19H29N5O/c1-5-20-19(22-14-17-11-13-23-24(17)3)21-12-10-15(2)16-6-8-18(25-4)9-7-16/h6-9,11,13,15H,5,10,12,14H2,1-4H3,(H2,20,21,22). The third-order valence-corrected chi connectivity index (χ3v) is 4.22. The number of aryl methyl sites for hydroxylation is 1. The highest BCUT2D eigenvalue weighted by Crippen LogP contribution is 2.21. The Balaban J connectivity index is 1.84. The van der Waals surface area contributed by atoms with Crippen molar-refractivity contribution < 1.29 is 4.74 Å². The number of guanidine groups is 1. The van der Waals surface area contributed by atoms with Crippen molar-refractivity contribution >= 4 is 5.96 Å². The van der Waals surface area contributed by atoms with E-state index >= 15 is 0 Å². The van der Waals surface area contributed by atoms with Crippen molar-refractivity contribution in [3.05, 3.63) is 47.8 Å². The number of nitrogens with one attached hydrogen (secondary N) is 2. The van der Waals surface area contributed by atoms with Crippen molar-refractivity contribution in [3.63, 3.8) is 0 Å². The van der Waals surface area contributed by atoms with Gasteiger partial charge in [0.25, 0.3) is 0 Å². The number of aromatic nitrogens is 2. The quantitative estimate of drug-likeness (QED) is 0.571. The summed E-state index contributed by atoms with van der Waals surface area (Å²) in [6.45, 7) is 6.62. The first kappa shape index (κ1) is 18.8. The lowest BCUT2D eigenvalue weighted by Crippen LogP contribution is -2.38. The Hall–Kier alpha value is -2.50. The van der Waals surface area contributed by atoms with Crippen molar-refractivity contribution in [1.82, 2.24) is 20.4 Å².